The summed E-state index contributed by atoms with van der Waals surface area (Å²) in [6, 6.07) is 0. The highest BCUT2D eigenvalue weighted by Crippen LogP contribution is 2.59. The predicted octanol–water partition coefficient (Wildman–Crippen LogP) is 1.77. The van der Waals surface area contributed by atoms with Gasteiger partial charge in [-0.05, 0) is 43.1 Å². The van der Waals surface area contributed by atoms with Crippen molar-refractivity contribution in [2.24, 2.45) is 23.0 Å². The number of hydrogen-bond donors (Lipinski definition) is 1. The van der Waals surface area contributed by atoms with E-state index in [4.69, 9.17) is 5.73 Å². The second-order valence-electron chi connectivity index (χ2n) is 4.24. The molecule has 0 aliphatic heterocycles. The quantitative estimate of drug-likeness (QED) is 0.620. The van der Waals surface area contributed by atoms with Crippen LogP contribution in [0.2, 0.25) is 0 Å². The minimum Gasteiger partial charge on any atom is -0.330 e. The van der Waals surface area contributed by atoms with Gasteiger partial charge in [0.25, 0.3) is 0 Å². The van der Waals surface area contributed by atoms with E-state index in [2.05, 4.69) is 6.92 Å². The Kier molecular flexibility index (Phi) is 1.31. The van der Waals surface area contributed by atoms with Gasteiger partial charge >= 0.3 is 0 Å². The van der Waals surface area contributed by atoms with E-state index in [0.29, 0.717) is 5.41 Å². The first-order valence-electron chi connectivity index (χ1n) is 4.48. The van der Waals surface area contributed by atoms with Crippen molar-refractivity contribution < 1.29 is 0 Å². The second-order valence-corrected chi connectivity index (χ2v) is 4.24. The number of hydrogen-bond acceptors (Lipinski definition) is 1. The van der Waals surface area contributed by atoms with Gasteiger partial charge in [0.05, 0.1) is 0 Å². The van der Waals surface area contributed by atoms with E-state index in [1.54, 1.807) is 0 Å². The van der Waals surface area contributed by atoms with E-state index >= 15 is 0 Å². The molecule has 0 saturated heterocycles. The third-order valence-electron chi connectivity index (χ3n) is 3.65. The maximum absolute atomic E-state index is 5.77. The van der Waals surface area contributed by atoms with Gasteiger partial charge in [0.2, 0.25) is 0 Å². The lowest BCUT2D eigenvalue weighted by molar-refractivity contribution is 0.105. The summed E-state index contributed by atoms with van der Waals surface area (Å²) < 4.78 is 0. The molecule has 58 valence electrons. The Balaban J connectivity index is 1.99. The molecule has 0 spiro atoms. The summed E-state index contributed by atoms with van der Waals surface area (Å²) in [5.74, 6) is 2.00. The average molecular weight is 139 g/mol. The van der Waals surface area contributed by atoms with Crippen molar-refractivity contribution >= 4 is 0 Å². The molecule has 2 unspecified atom stereocenters. The maximum atomic E-state index is 5.77. The maximum Gasteiger partial charge on any atom is -0.00178 e. The monoisotopic (exact) mass is 139 g/mol. The Morgan fingerprint density at radius 1 is 1.50 bits per heavy atom. The molecule has 0 radical (unpaired) electrons. The van der Waals surface area contributed by atoms with E-state index in [-0.39, 0.29) is 0 Å². The van der Waals surface area contributed by atoms with Crippen molar-refractivity contribution in [3.8, 4) is 0 Å². The molecule has 2 N–H and O–H groups in total. The van der Waals surface area contributed by atoms with Crippen LogP contribution >= 0.6 is 0 Å². The predicted molar refractivity (Wildman–Crippen MR) is 42.6 cm³/mol. The van der Waals surface area contributed by atoms with Gasteiger partial charge in [0.15, 0.2) is 0 Å². The fourth-order valence-electron chi connectivity index (χ4n) is 2.53. The summed E-state index contributed by atoms with van der Waals surface area (Å²) in [7, 11) is 0. The van der Waals surface area contributed by atoms with Crippen molar-refractivity contribution in [2.45, 2.75) is 32.6 Å². The van der Waals surface area contributed by atoms with E-state index in [1.807, 2.05) is 0 Å². The van der Waals surface area contributed by atoms with Crippen molar-refractivity contribution in [3.05, 3.63) is 0 Å². The molecule has 2 fully saturated rings. The minimum absolute atomic E-state index is 0.624. The standard InChI is InChI=1S/C9H17N/c1-7-5-8(7)9(6-10)3-2-4-9/h7-8H,2-6,10H2,1H3. The van der Waals surface area contributed by atoms with Gasteiger partial charge in [-0.1, -0.05) is 13.3 Å². The van der Waals surface area contributed by atoms with Gasteiger partial charge in [-0.2, -0.15) is 0 Å². The Labute approximate surface area is 63.0 Å². The van der Waals surface area contributed by atoms with Gasteiger partial charge in [-0.3, -0.25) is 0 Å². The van der Waals surface area contributed by atoms with Gasteiger partial charge < -0.3 is 5.73 Å². The molecular weight excluding hydrogens is 122 g/mol. The molecule has 0 bridgehead atoms. The first kappa shape index (κ1) is 6.66. The van der Waals surface area contributed by atoms with Crippen LogP contribution in [0.1, 0.15) is 32.6 Å². The third-order valence-corrected chi connectivity index (χ3v) is 3.65. The number of rotatable bonds is 2. The number of nitrogens with two attached hydrogens (primary N) is 1. The molecule has 0 amide bonds. The molecule has 2 aliphatic rings. The fraction of sp³-hybridized carbons (Fsp3) is 1.00. The van der Waals surface area contributed by atoms with Crippen LogP contribution in [-0.2, 0) is 0 Å². The van der Waals surface area contributed by atoms with Crippen LogP contribution in [0.25, 0.3) is 0 Å². The van der Waals surface area contributed by atoms with E-state index in [0.717, 1.165) is 18.4 Å². The van der Waals surface area contributed by atoms with Crippen LogP contribution in [0.3, 0.4) is 0 Å². The zero-order valence-electron chi connectivity index (χ0n) is 6.77. The van der Waals surface area contributed by atoms with Crippen LogP contribution in [0.15, 0.2) is 0 Å². The molecule has 1 nitrogen and oxygen atoms in total. The van der Waals surface area contributed by atoms with Crippen LogP contribution < -0.4 is 5.73 Å². The fourth-order valence-corrected chi connectivity index (χ4v) is 2.53. The summed E-state index contributed by atoms with van der Waals surface area (Å²) in [5, 5.41) is 0. The molecule has 1 heteroatoms. The van der Waals surface area contributed by atoms with Crippen molar-refractivity contribution in [2.75, 3.05) is 6.54 Å². The van der Waals surface area contributed by atoms with E-state index in [1.165, 1.54) is 25.7 Å². The highest BCUT2D eigenvalue weighted by Gasteiger charge is 2.52. The summed E-state index contributed by atoms with van der Waals surface area (Å²) >= 11 is 0. The first-order chi connectivity index (χ1) is 4.78. The molecular formula is C9H17N. The van der Waals surface area contributed by atoms with Crippen LogP contribution in [0.5, 0.6) is 0 Å². The lowest BCUT2D eigenvalue weighted by Gasteiger charge is -2.41. The zero-order chi connectivity index (χ0) is 7.19. The smallest absolute Gasteiger partial charge is 0.00178 e. The van der Waals surface area contributed by atoms with Gasteiger partial charge in [-0.15, -0.1) is 0 Å². The summed E-state index contributed by atoms with van der Waals surface area (Å²) in [4.78, 5) is 0. The first-order valence-corrected chi connectivity index (χ1v) is 4.48. The van der Waals surface area contributed by atoms with Crippen LogP contribution in [0.4, 0.5) is 0 Å². The van der Waals surface area contributed by atoms with Crippen LogP contribution in [0, 0.1) is 17.3 Å². The Bertz CT molecular complexity index is 132. The van der Waals surface area contributed by atoms with E-state index < -0.39 is 0 Å². The second kappa shape index (κ2) is 1.97. The summed E-state index contributed by atoms with van der Waals surface area (Å²) in [5.41, 5.74) is 6.40. The lowest BCUT2D eigenvalue weighted by Crippen LogP contribution is -2.39. The largest absolute Gasteiger partial charge is 0.330 e. The third kappa shape index (κ3) is 0.731. The SMILES string of the molecule is CC1CC1C1(CN)CCC1. The van der Waals surface area contributed by atoms with Crippen molar-refractivity contribution in [3.63, 3.8) is 0 Å². The average Bonchev–Trinajstić information content (AvgIpc) is 2.46. The molecule has 2 rings (SSSR count). The molecule has 0 aromatic carbocycles. The zero-order valence-corrected chi connectivity index (χ0v) is 6.77. The van der Waals surface area contributed by atoms with E-state index in [9.17, 15) is 0 Å². The molecule has 2 aliphatic carbocycles. The molecule has 2 saturated carbocycles. The van der Waals surface area contributed by atoms with Crippen molar-refractivity contribution in [1.29, 1.82) is 0 Å². The minimum atomic E-state index is 0.624. The molecule has 0 heterocycles. The molecule has 2 atom stereocenters. The highest BCUT2D eigenvalue weighted by molar-refractivity contribution is 5.03. The van der Waals surface area contributed by atoms with Gasteiger partial charge in [0, 0.05) is 0 Å². The summed E-state index contributed by atoms with van der Waals surface area (Å²) in [6.07, 6.45) is 5.72. The van der Waals surface area contributed by atoms with Crippen LogP contribution in [-0.4, -0.2) is 6.54 Å². The topological polar surface area (TPSA) is 26.0 Å². The summed E-state index contributed by atoms with van der Waals surface area (Å²) in [6.45, 7) is 3.31. The Hall–Kier alpha value is -0.0400. The molecule has 0 aromatic rings. The van der Waals surface area contributed by atoms with Gasteiger partial charge in [-0.25, -0.2) is 0 Å². The normalized spacial score (nSPS) is 42.6. The Morgan fingerprint density at radius 2 is 2.10 bits per heavy atom. The molecule has 0 aromatic heterocycles. The highest BCUT2D eigenvalue weighted by atomic mass is 14.7. The molecule has 10 heavy (non-hydrogen) atoms. The van der Waals surface area contributed by atoms with Crippen molar-refractivity contribution in [1.82, 2.24) is 0 Å². The Morgan fingerprint density at radius 3 is 2.20 bits per heavy atom. The van der Waals surface area contributed by atoms with Gasteiger partial charge in [0.1, 0.15) is 0 Å². The lowest BCUT2D eigenvalue weighted by atomic mass is 9.65.